The summed E-state index contributed by atoms with van der Waals surface area (Å²) in [6, 6.07) is 13.4. The van der Waals surface area contributed by atoms with Crippen molar-refractivity contribution in [1.82, 2.24) is 20.0 Å². The largest absolute Gasteiger partial charge is 0.390 e. The Morgan fingerprint density at radius 3 is 2.33 bits per heavy atom. The molecule has 3 aliphatic rings. The minimum Gasteiger partial charge on any atom is -0.390 e. The van der Waals surface area contributed by atoms with Crippen molar-refractivity contribution in [3.63, 3.8) is 0 Å². The molecular weight excluding hydrogens is 518 g/mol. The number of nitrogens with zero attached hydrogens (tertiary/aromatic N) is 4. The highest BCUT2D eigenvalue weighted by molar-refractivity contribution is 6.03. The number of halogens is 1. The SMILES string of the molecule is CCN1CCN(CC(O)C2Cc3ccccc3CN2)C(=O)c2ccc(C(=O)N3CCN(C(C)=O)CC3)cc21.Cl. The second kappa shape index (κ2) is 12.4. The van der Waals surface area contributed by atoms with E-state index in [1.165, 1.54) is 11.1 Å². The van der Waals surface area contributed by atoms with Gasteiger partial charge in [0.15, 0.2) is 0 Å². The Hall–Kier alpha value is -3.14. The van der Waals surface area contributed by atoms with Gasteiger partial charge in [0.2, 0.25) is 5.91 Å². The van der Waals surface area contributed by atoms with Crippen LogP contribution < -0.4 is 10.2 Å². The van der Waals surface area contributed by atoms with Crippen molar-refractivity contribution >= 4 is 35.8 Å². The van der Waals surface area contributed by atoms with E-state index in [2.05, 4.69) is 22.3 Å². The van der Waals surface area contributed by atoms with Crippen molar-refractivity contribution in [3.8, 4) is 0 Å². The summed E-state index contributed by atoms with van der Waals surface area (Å²) in [5, 5.41) is 14.5. The van der Waals surface area contributed by atoms with E-state index in [0.29, 0.717) is 63.5 Å². The Labute approximate surface area is 236 Å². The summed E-state index contributed by atoms with van der Waals surface area (Å²) in [6.07, 6.45) is 0.0295. The van der Waals surface area contributed by atoms with Gasteiger partial charge in [-0.25, -0.2) is 0 Å². The predicted octanol–water partition coefficient (Wildman–Crippen LogP) is 1.77. The first kappa shape index (κ1) is 28.9. The molecular formula is C29H38ClN5O4. The number of aliphatic hydroxyl groups excluding tert-OH is 1. The lowest BCUT2D eigenvalue weighted by atomic mass is 9.92. The number of amides is 3. The Balaban J connectivity index is 0.00000353. The van der Waals surface area contributed by atoms with E-state index in [9.17, 15) is 19.5 Å². The number of piperazine rings is 1. The molecule has 0 aliphatic carbocycles. The molecule has 2 N–H and O–H groups in total. The Morgan fingerprint density at radius 1 is 0.974 bits per heavy atom. The maximum Gasteiger partial charge on any atom is 0.256 e. The molecule has 9 nitrogen and oxygen atoms in total. The zero-order valence-corrected chi connectivity index (χ0v) is 23.5. The van der Waals surface area contributed by atoms with Gasteiger partial charge in [0.1, 0.15) is 0 Å². The third-order valence-electron chi connectivity index (χ3n) is 8.12. The quantitative estimate of drug-likeness (QED) is 0.584. The number of β-amino-alcohol motifs (C(OH)–C–C–N with tert-alkyl or cyclic N) is 1. The molecule has 0 saturated carbocycles. The molecule has 210 valence electrons. The first-order chi connectivity index (χ1) is 18.4. The van der Waals surface area contributed by atoms with Crippen molar-refractivity contribution in [2.75, 3.05) is 57.3 Å². The van der Waals surface area contributed by atoms with Crippen LogP contribution >= 0.6 is 12.4 Å². The summed E-state index contributed by atoms with van der Waals surface area (Å²) in [4.78, 5) is 45.9. The highest BCUT2D eigenvalue weighted by Crippen LogP contribution is 2.28. The predicted molar refractivity (Wildman–Crippen MR) is 152 cm³/mol. The Kier molecular flexibility index (Phi) is 9.15. The van der Waals surface area contributed by atoms with Gasteiger partial charge in [-0.3, -0.25) is 14.4 Å². The van der Waals surface area contributed by atoms with Crippen LogP contribution in [-0.4, -0.2) is 102 Å². The van der Waals surface area contributed by atoms with Gasteiger partial charge >= 0.3 is 0 Å². The fourth-order valence-corrected chi connectivity index (χ4v) is 5.75. The van der Waals surface area contributed by atoms with E-state index in [4.69, 9.17) is 0 Å². The number of hydrogen-bond acceptors (Lipinski definition) is 6. The molecule has 3 heterocycles. The minimum atomic E-state index is -0.696. The summed E-state index contributed by atoms with van der Waals surface area (Å²) in [7, 11) is 0. The van der Waals surface area contributed by atoms with E-state index in [1.807, 2.05) is 25.1 Å². The fourth-order valence-electron chi connectivity index (χ4n) is 5.75. The lowest BCUT2D eigenvalue weighted by Crippen LogP contribution is -2.50. The second-order valence-electron chi connectivity index (χ2n) is 10.4. The number of benzene rings is 2. The molecule has 2 atom stereocenters. The van der Waals surface area contributed by atoms with Crippen LogP contribution in [0.2, 0.25) is 0 Å². The molecule has 39 heavy (non-hydrogen) atoms. The van der Waals surface area contributed by atoms with Crippen molar-refractivity contribution in [3.05, 3.63) is 64.7 Å². The van der Waals surface area contributed by atoms with Crippen molar-refractivity contribution in [2.45, 2.75) is 39.0 Å². The lowest BCUT2D eigenvalue weighted by Gasteiger charge is -2.34. The normalized spacial score (nSPS) is 20.0. The number of fused-ring (bicyclic) bond motifs is 2. The van der Waals surface area contributed by atoms with Crippen molar-refractivity contribution < 1.29 is 19.5 Å². The summed E-state index contributed by atoms with van der Waals surface area (Å²) in [5.41, 5.74) is 4.34. The number of rotatable bonds is 5. The third kappa shape index (κ3) is 6.05. The third-order valence-corrected chi connectivity index (χ3v) is 8.12. The average molecular weight is 556 g/mol. The van der Waals surface area contributed by atoms with Gasteiger partial charge in [-0.1, -0.05) is 24.3 Å². The second-order valence-corrected chi connectivity index (χ2v) is 10.4. The maximum atomic E-state index is 13.6. The molecule has 0 aromatic heterocycles. The summed E-state index contributed by atoms with van der Waals surface area (Å²) >= 11 is 0. The van der Waals surface area contributed by atoms with Crippen LogP contribution in [0.15, 0.2) is 42.5 Å². The number of hydrogen-bond donors (Lipinski definition) is 2. The van der Waals surface area contributed by atoms with Crippen LogP contribution in [0.4, 0.5) is 5.69 Å². The molecule has 0 spiro atoms. The molecule has 1 fully saturated rings. The van der Waals surface area contributed by atoms with Gasteiger partial charge in [-0.2, -0.15) is 0 Å². The molecule has 2 unspecified atom stereocenters. The summed E-state index contributed by atoms with van der Waals surface area (Å²) in [6.45, 7) is 8.42. The Bertz CT molecular complexity index is 1220. The van der Waals surface area contributed by atoms with Gasteiger partial charge in [0, 0.05) is 77.4 Å². The number of carbonyl (C=O) groups is 3. The number of carbonyl (C=O) groups excluding carboxylic acids is 3. The van der Waals surface area contributed by atoms with Gasteiger partial charge in [-0.05, 0) is 42.7 Å². The topological polar surface area (TPSA) is 96.4 Å². The van der Waals surface area contributed by atoms with E-state index in [1.54, 1.807) is 33.8 Å². The molecule has 0 bridgehead atoms. The minimum absolute atomic E-state index is 0. The molecule has 5 rings (SSSR count). The van der Waals surface area contributed by atoms with Crippen LogP contribution in [0.25, 0.3) is 0 Å². The van der Waals surface area contributed by atoms with Crippen LogP contribution in [0.3, 0.4) is 0 Å². The van der Waals surface area contributed by atoms with Crippen molar-refractivity contribution in [2.24, 2.45) is 0 Å². The van der Waals surface area contributed by atoms with Crippen molar-refractivity contribution in [1.29, 1.82) is 0 Å². The number of aliphatic hydroxyl groups is 1. The molecule has 3 amide bonds. The highest BCUT2D eigenvalue weighted by Gasteiger charge is 2.32. The zero-order valence-electron chi connectivity index (χ0n) is 22.6. The Morgan fingerprint density at radius 2 is 1.64 bits per heavy atom. The standard InChI is InChI=1S/C29H37N5O4.ClH/c1-3-31-10-15-34(19-27(36)25-16-21-6-4-5-7-23(21)18-30-25)29(38)24-9-8-22(17-26(24)31)28(37)33-13-11-32(12-14-33)20(2)35;/h4-9,17,25,27,30,36H,3,10-16,18-19H2,1-2H3;1H. The summed E-state index contributed by atoms with van der Waals surface area (Å²) in [5.74, 6) is -0.182. The smallest absolute Gasteiger partial charge is 0.256 e. The number of likely N-dealkylation sites (N-methyl/N-ethyl adjacent to an activating group) is 1. The zero-order chi connectivity index (χ0) is 26.8. The van der Waals surface area contributed by atoms with Crippen LogP contribution in [0.5, 0.6) is 0 Å². The lowest BCUT2D eigenvalue weighted by molar-refractivity contribution is -0.130. The molecule has 3 aliphatic heterocycles. The van der Waals surface area contributed by atoms with Crippen LogP contribution in [0.1, 0.15) is 45.7 Å². The molecule has 2 aromatic carbocycles. The monoisotopic (exact) mass is 555 g/mol. The van der Waals surface area contributed by atoms with E-state index in [-0.39, 0.29) is 42.7 Å². The maximum absolute atomic E-state index is 13.6. The van der Waals surface area contributed by atoms with E-state index >= 15 is 0 Å². The first-order valence-corrected chi connectivity index (χ1v) is 13.6. The number of nitrogens with one attached hydrogen (secondary N) is 1. The van der Waals surface area contributed by atoms with Gasteiger partial charge in [-0.15, -0.1) is 12.4 Å². The van der Waals surface area contributed by atoms with Crippen LogP contribution in [0, 0.1) is 0 Å². The fraction of sp³-hybridized carbons (Fsp3) is 0.483. The highest BCUT2D eigenvalue weighted by atomic mass is 35.5. The van der Waals surface area contributed by atoms with Gasteiger partial charge in [0.05, 0.1) is 17.4 Å². The molecule has 0 radical (unpaired) electrons. The summed E-state index contributed by atoms with van der Waals surface area (Å²) < 4.78 is 0. The molecule has 2 aromatic rings. The number of anilines is 1. The first-order valence-electron chi connectivity index (χ1n) is 13.6. The van der Waals surface area contributed by atoms with Gasteiger partial charge < -0.3 is 30.0 Å². The van der Waals surface area contributed by atoms with E-state index < -0.39 is 6.10 Å². The van der Waals surface area contributed by atoms with Crippen LogP contribution in [-0.2, 0) is 17.8 Å². The van der Waals surface area contributed by atoms with Gasteiger partial charge in [0.25, 0.3) is 11.8 Å². The molecule has 1 saturated heterocycles. The molecule has 10 heteroatoms. The average Bonchev–Trinajstić information content (AvgIpc) is 3.08. The van der Waals surface area contributed by atoms with E-state index in [0.717, 1.165) is 12.1 Å².